The lowest BCUT2D eigenvalue weighted by molar-refractivity contribution is 0.0585. The van der Waals surface area contributed by atoms with Gasteiger partial charge in [-0.15, -0.1) is 0 Å². The van der Waals surface area contributed by atoms with Gasteiger partial charge >= 0.3 is 0 Å². The van der Waals surface area contributed by atoms with Crippen molar-refractivity contribution in [3.05, 3.63) is 29.8 Å². The number of benzene rings is 1. The number of para-hydroxylation sites is 1. The first-order chi connectivity index (χ1) is 11.8. The molecule has 2 aliphatic rings. The summed E-state index contributed by atoms with van der Waals surface area (Å²) in [5, 5.41) is 0. The smallest absolute Gasteiger partial charge is 0.256 e. The monoisotopic (exact) mass is 330 g/mol. The molecule has 1 aromatic carbocycles. The highest BCUT2D eigenvalue weighted by molar-refractivity contribution is 6.00. The Balaban J connectivity index is 1.76. The van der Waals surface area contributed by atoms with E-state index in [1.807, 2.05) is 12.1 Å². The summed E-state index contributed by atoms with van der Waals surface area (Å²) in [7, 11) is 1.75. The Hall–Kier alpha value is -1.55. The van der Waals surface area contributed by atoms with Crippen LogP contribution in [-0.4, -0.2) is 50.2 Å². The Kier molecular flexibility index (Phi) is 6.13. The molecule has 3 rings (SSSR count). The van der Waals surface area contributed by atoms with Crippen molar-refractivity contribution < 1.29 is 9.53 Å². The molecule has 4 heteroatoms. The molecule has 0 bridgehead atoms. The van der Waals surface area contributed by atoms with Crippen LogP contribution in [-0.2, 0) is 4.74 Å². The molecule has 0 N–H and O–H groups in total. The number of hydrogen-bond acceptors (Lipinski definition) is 3. The second-order valence-corrected chi connectivity index (χ2v) is 6.99. The second-order valence-electron chi connectivity index (χ2n) is 6.99. The van der Waals surface area contributed by atoms with Gasteiger partial charge in [-0.2, -0.15) is 0 Å². The van der Waals surface area contributed by atoms with Crippen LogP contribution in [0.3, 0.4) is 0 Å². The highest BCUT2D eigenvalue weighted by Crippen LogP contribution is 2.29. The van der Waals surface area contributed by atoms with E-state index in [0.29, 0.717) is 6.04 Å². The Morgan fingerprint density at radius 1 is 1.12 bits per heavy atom. The lowest BCUT2D eigenvalue weighted by atomic mass is 9.96. The van der Waals surface area contributed by atoms with Crippen LogP contribution in [0.2, 0.25) is 0 Å². The molecule has 24 heavy (non-hydrogen) atoms. The molecule has 1 atom stereocenters. The molecule has 1 aromatic rings. The van der Waals surface area contributed by atoms with Gasteiger partial charge < -0.3 is 14.5 Å². The summed E-state index contributed by atoms with van der Waals surface area (Å²) >= 11 is 0. The first-order valence-corrected chi connectivity index (χ1v) is 9.45. The highest BCUT2D eigenvalue weighted by Gasteiger charge is 2.29. The van der Waals surface area contributed by atoms with Gasteiger partial charge in [0, 0.05) is 45.1 Å². The van der Waals surface area contributed by atoms with E-state index in [-0.39, 0.29) is 5.91 Å². The minimum atomic E-state index is 0.222. The van der Waals surface area contributed by atoms with Gasteiger partial charge in [-0.05, 0) is 57.1 Å². The number of carbonyl (C=O) groups excluding carboxylic acids is 1. The molecule has 2 saturated heterocycles. The number of rotatable bonds is 6. The number of amides is 1. The van der Waals surface area contributed by atoms with Crippen LogP contribution in [0.1, 0.15) is 55.3 Å². The van der Waals surface area contributed by atoms with E-state index in [4.69, 9.17) is 4.74 Å². The zero-order chi connectivity index (χ0) is 16.8. The number of methoxy groups -OCH3 is 1. The predicted octanol–water partition coefficient (Wildman–Crippen LogP) is 3.71. The largest absolute Gasteiger partial charge is 0.385 e. The SMILES string of the molecule is COCCC[C@H]1CCCCN1C(=O)c1ccccc1N1CCCC1. The van der Waals surface area contributed by atoms with Gasteiger partial charge in [0.2, 0.25) is 0 Å². The lowest BCUT2D eigenvalue weighted by Crippen LogP contribution is -2.44. The van der Waals surface area contributed by atoms with Crippen LogP contribution < -0.4 is 4.90 Å². The minimum absolute atomic E-state index is 0.222. The Bertz CT molecular complexity index is 540. The van der Waals surface area contributed by atoms with Crippen LogP contribution in [0, 0.1) is 0 Å². The quantitative estimate of drug-likeness (QED) is 0.746. The van der Waals surface area contributed by atoms with Gasteiger partial charge in [0.05, 0.1) is 5.56 Å². The van der Waals surface area contributed by atoms with Crippen molar-refractivity contribution >= 4 is 11.6 Å². The number of ether oxygens (including phenoxy) is 1. The average molecular weight is 330 g/mol. The molecule has 0 aliphatic carbocycles. The number of carbonyl (C=O) groups is 1. The number of piperidine rings is 1. The van der Waals surface area contributed by atoms with E-state index in [1.165, 1.54) is 19.3 Å². The van der Waals surface area contributed by atoms with E-state index in [1.54, 1.807) is 7.11 Å². The molecule has 0 spiro atoms. The summed E-state index contributed by atoms with van der Waals surface area (Å²) in [4.78, 5) is 17.8. The summed E-state index contributed by atoms with van der Waals surface area (Å²) in [5.41, 5.74) is 2.01. The van der Waals surface area contributed by atoms with Gasteiger partial charge in [-0.25, -0.2) is 0 Å². The topological polar surface area (TPSA) is 32.8 Å². The van der Waals surface area contributed by atoms with Gasteiger partial charge in [-0.3, -0.25) is 4.79 Å². The van der Waals surface area contributed by atoms with E-state index < -0.39 is 0 Å². The average Bonchev–Trinajstić information content (AvgIpc) is 3.16. The first-order valence-electron chi connectivity index (χ1n) is 9.45. The number of likely N-dealkylation sites (tertiary alicyclic amines) is 1. The molecule has 1 amide bonds. The summed E-state index contributed by atoms with van der Waals surface area (Å²) < 4.78 is 5.19. The molecule has 132 valence electrons. The molecule has 2 fully saturated rings. The summed E-state index contributed by atoms with van der Waals surface area (Å²) in [6, 6.07) is 8.54. The van der Waals surface area contributed by atoms with Gasteiger partial charge in [0.15, 0.2) is 0 Å². The van der Waals surface area contributed by atoms with Crippen LogP contribution in [0.5, 0.6) is 0 Å². The summed E-state index contributed by atoms with van der Waals surface area (Å²) in [6.45, 7) is 3.82. The third-order valence-corrected chi connectivity index (χ3v) is 5.36. The molecule has 2 aliphatic heterocycles. The molecule has 4 nitrogen and oxygen atoms in total. The van der Waals surface area contributed by atoms with Crippen molar-refractivity contribution in [3.8, 4) is 0 Å². The van der Waals surface area contributed by atoms with Crippen LogP contribution in [0.15, 0.2) is 24.3 Å². The molecule has 0 aromatic heterocycles. The van der Waals surface area contributed by atoms with Gasteiger partial charge in [0.25, 0.3) is 5.91 Å². The Morgan fingerprint density at radius 3 is 2.67 bits per heavy atom. The molecular formula is C20H30N2O2. The lowest BCUT2D eigenvalue weighted by Gasteiger charge is -2.37. The number of anilines is 1. The second kappa shape index (κ2) is 8.52. The highest BCUT2D eigenvalue weighted by atomic mass is 16.5. The third kappa shape index (κ3) is 3.92. The van der Waals surface area contributed by atoms with Crippen LogP contribution >= 0.6 is 0 Å². The summed E-state index contributed by atoms with van der Waals surface area (Å²) in [6.07, 6.45) is 8.01. The maximum atomic E-state index is 13.3. The predicted molar refractivity (Wildman–Crippen MR) is 97.7 cm³/mol. The maximum absolute atomic E-state index is 13.3. The molecular weight excluding hydrogens is 300 g/mol. The molecule has 0 saturated carbocycles. The van der Waals surface area contributed by atoms with Crippen molar-refractivity contribution in [2.24, 2.45) is 0 Å². The van der Waals surface area contributed by atoms with E-state index in [9.17, 15) is 4.79 Å². The van der Waals surface area contributed by atoms with Crippen molar-refractivity contribution in [1.29, 1.82) is 0 Å². The zero-order valence-electron chi connectivity index (χ0n) is 14.9. The van der Waals surface area contributed by atoms with Crippen LogP contribution in [0.4, 0.5) is 5.69 Å². The Morgan fingerprint density at radius 2 is 1.88 bits per heavy atom. The fraction of sp³-hybridized carbons (Fsp3) is 0.650. The molecule has 0 radical (unpaired) electrons. The van der Waals surface area contributed by atoms with Crippen molar-refractivity contribution in [2.75, 3.05) is 38.3 Å². The zero-order valence-corrected chi connectivity index (χ0v) is 14.9. The fourth-order valence-electron chi connectivity index (χ4n) is 4.07. The van der Waals surface area contributed by atoms with Crippen molar-refractivity contribution in [1.82, 2.24) is 4.90 Å². The third-order valence-electron chi connectivity index (χ3n) is 5.36. The first kappa shape index (κ1) is 17.3. The number of hydrogen-bond donors (Lipinski definition) is 0. The maximum Gasteiger partial charge on any atom is 0.256 e. The van der Waals surface area contributed by atoms with Gasteiger partial charge in [-0.1, -0.05) is 12.1 Å². The van der Waals surface area contributed by atoms with Gasteiger partial charge in [0.1, 0.15) is 0 Å². The standard InChI is InChI=1S/C20H30N2O2/c1-24-16-8-10-17-9-4-5-15-22(17)20(23)18-11-2-3-12-19(18)21-13-6-7-14-21/h2-3,11-12,17H,4-10,13-16H2,1H3/t17-/m1/s1. The van der Waals surface area contributed by atoms with Crippen molar-refractivity contribution in [2.45, 2.75) is 51.0 Å². The molecule has 2 heterocycles. The van der Waals surface area contributed by atoms with Crippen molar-refractivity contribution in [3.63, 3.8) is 0 Å². The summed E-state index contributed by atoms with van der Waals surface area (Å²) in [5.74, 6) is 0.222. The Labute approximate surface area is 145 Å². The normalized spacial score (nSPS) is 21.3. The van der Waals surface area contributed by atoms with E-state index in [0.717, 1.165) is 63.2 Å². The van der Waals surface area contributed by atoms with Crippen LogP contribution in [0.25, 0.3) is 0 Å². The molecule has 0 unspecified atom stereocenters. The fourth-order valence-corrected chi connectivity index (χ4v) is 4.07. The number of nitrogens with zero attached hydrogens (tertiary/aromatic N) is 2. The minimum Gasteiger partial charge on any atom is -0.385 e. The van der Waals surface area contributed by atoms with E-state index >= 15 is 0 Å². The van der Waals surface area contributed by atoms with E-state index in [2.05, 4.69) is 21.9 Å².